The van der Waals surface area contributed by atoms with Crippen LogP contribution in [0.1, 0.15) is 67.8 Å². The van der Waals surface area contributed by atoms with Crippen molar-refractivity contribution in [1.29, 1.82) is 0 Å². The molecule has 1 aromatic heterocycles. The van der Waals surface area contributed by atoms with Crippen molar-refractivity contribution < 1.29 is 37.0 Å². The van der Waals surface area contributed by atoms with Crippen LogP contribution in [0.3, 0.4) is 0 Å². The molecule has 1 aliphatic carbocycles. The average molecular weight is 706 g/mol. The minimum atomic E-state index is -3.02. The summed E-state index contributed by atoms with van der Waals surface area (Å²) in [7, 11) is 0. The van der Waals surface area contributed by atoms with E-state index in [9.17, 15) is 23.2 Å². The summed E-state index contributed by atoms with van der Waals surface area (Å²) < 4.78 is 58.1. The number of Topliss-reactive ketones (excluding diaryl/α,β-unsaturated/α-hetero) is 1. The summed E-state index contributed by atoms with van der Waals surface area (Å²) in [6.07, 6.45) is 2.02. The van der Waals surface area contributed by atoms with Crippen molar-refractivity contribution >= 4 is 56.4 Å². The van der Waals surface area contributed by atoms with Gasteiger partial charge in [0.1, 0.15) is 5.82 Å². The Balaban J connectivity index is 1.26. The van der Waals surface area contributed by atoms with Crippen molar-refractivity contribution in [1.82, 2.24) is 9.80 Å². The summed E-state index contributed by atoms with van der Waals surface area (Å²) in [6.45, 7) is 2.21. The molecular weight excluding hydrogens is 667 g/mol. The van der Waals surface area contributed by atoms with Crippen molar-refractivity contribution in [2.75, 3.05) is 38.1 Å². The molecule has 2 saturated heterocycles. The van der Waals surface area contributed by atoms with E-state index in [2.05, 4.69) is 5.32 Å². The fourth-order valence-electron chi connectivity index (χ4n) is 7.14. The van der Waals surface area contributed by atoms with Crippen LogP contribution in [0.25, 0.3) is 10.1 Å². The number of nitrogens with one attached hydrogen (secondary N) is 1. The van der Waals surface area contributed by atoms with Gasteiger partial charge < -0.3 is 14.8 Å². The maximum atomic E-state index is 15.8. The zero-order chi connectivity index (χ0) is 34.1. The van der Waals surface area contributed by atoms with Crippen molar-refractivity contribution in [2.45, 2.75) is 76.2 Å². The van der Waals surface area contributed by atoms with Crippen LogP contribution in [0, 0.1) is 11.7 Å². The molecule has 1 saturated carbocycles. The normalized spacial score (nSPS) is 22.9. The van der Waals surface area contributed by atoms with E-state index >= 15 is 4.39 Å². The molecule has 1 N–H and O–H groups in total. The molecule has 0 spiro atoms. The topological polar surface area (TPSA) is 88.2 Å². The zero-order valence-corrected chi connectivity index (χ0v) is 28.3. The maximum Gasteiger partial charge on any atom is 0.308 e. The number of carbonyl (C=O) groups excluding carboxylic acids is 3. The summed E-state index contributed by atoms with van der Waals surface area (Å²) >= 11 is 7.97. The Hall–Kier alpha value is -3.03. The number of likely N-dealkylation sites (tertiary alicyclic amines) is 2. The Bertz CT molecular complexity index is 1670. The highest BCUT2D eigenvalue weighted by molar-refractivity contribution is 7.17. The number of hydrogen-bond acceptors (Lipinski definition) is 8. The number of halogens is 4. The van der Waals surface area contributed by atoms with Gasteiger partial charge in [0.15, 0.2) is 5.78 Å². The third kappa shape index (κ3) is 7.14. The number of hydrogen-bond donors (Lipinski definition) is 1. The van der Waals surface area contributed by atoms with Crippen molar-refractivity contribution in [3.63, 3.8) is 0 Å². The lowest BCUT2D eigenvalue weighted by Gasteiger charge is -2.48. The predicted molar refractivity (Wildman–Crippen MR) is 178 cm³/mol. The Kier molecular flexibility index (Phi) is 10.5. The monoisotopic (exact) mass is 705 g/mol. The lowest BCUT2D eigenvalue weighted by molar-refractivity contribution is -0.255. The third-order valence-corrected chi connectivity index (χ3v) is 10.9. The van der Waals surface area contributed by atoms with Crippen LogP contribution < -0.4 is 5.32 Å². The van der Waals surface area contributed by atoms with Gasteiger partial charge in [-0.15, -0.1) is 11.3 Å². The number of amides is 1. The highest BCUT2D eigenvalue weighted by atomic mass is 35.5. The summed E-state index contributed by atoms with van der Waals surface area (Å²) in [4.78, 5) is 43.3. The number of alkyl halides is 2. The molecule has 1 amide bonds. The third-order valence-electron chi connectivity index (χ3n) is 9.58. The van der Waals surface area contributed by atoms with Crippen LogP contribution in [0.5, 0.6) is 0 Å². The molecule has 1 unspecified atom stereocenters. The van der Waals surface area contributed by atoms with Crippen LogP contribution in [0.4, 0.5) is 18.9 Å². The Morgan fingerprint density at radius 1 is 1.06 bits per heavy atom. The molecule has 0 bridgehead atoms. The van der Waals surface area contributed by atoms with Gasteiger partial charge in [-0.1, -0.05) is 29.8 Å². The van der Waals surface area contributed by atoms with Gasteiger partial charge in [-0.2, -0.15) is 0 Å². The number of esters is 1. The smallest absolute Gasteiger partial charge is 0.308 e. The number of anilines is 1. The molecule has 3 fully saturated rings. The van der Waals surface area contributed by atoms with Crippen LogP contribution in [-0.4, -0.2) is 78.1 Å². The number of rotatable bonds is 11. The highest BCUT2D eigenvalue weighted by Gasteiger charge is 2.57. The number of ether oxygens (including phenoxy) is 2. The number of benzene rings is 2. The van der Waals surface area contributed by atoms with E-state index in [0.29, 0.717) is 44.3 Å². The van der Waals surface area contributed by atoms with Crippen LogP contribution in [0.2, 0.25) is 5.02 Å². The molecule has 13 heteroatoms. The van der Waals surface area contributed by atoms with Gasteiger partial charge in [-0.3, -0.25) is 19.3 Å². The second-order valence-electron chi connectivity index (χ2n) is 12.8. The molecule has 258 valence electrons. The summed E-state index contributed by atoms with van der Waals surface area (Å²) in [6, 6.07) is 9.81. The standard InChI is InChI=1S/C35H39ClF3N3O5S/c1-2-46-33(45)22-9-11-24(12-10-22)47-35(41-14-5-6-15-41,42-16-13-34(38,39)21-42)31(43)18-23-17-27(36)29(19-28(23)37)40-32(44)26-20-48-30-8-4-3-7-25(26)30/h3-4,7-8,17,19-20,22,24H,2,5-6,9-16,18,21H2,1H3,(H,40,44)/t22-,24-,35?. The maximum absolute atomic E-state index is 15.8. The van der Waals surface area contributed by atoms with Gasteiger partial charge in [-0.05, 0) is 69.2 Å². The predicted octanol–water partition coefficient (Wildman–Crippen LogP) is 7.29. The van der Waals surface area contributed by atoms with E-state index in [1.54, 1.807) is 12.3 Å². The first-order valence-electron chi connectivity index (χ1n) is 16.5. The average Bonchev–Trinajstić information content (AvgIpc) is 3.83. The van der Waals surface area contributed by atoms with E-state index in [-0.39, 0.29) is 41.3 Å². The van der Waals surface area contributed by atoms with Crippen LogP contribution in [-0.2, 0) is 25.5 Å². The lowest BCUT2D eigenvalue weighted by Crippen LogP contribution is -2.67. The van der Waals surface area contributed by atoms with E-state index in [1.165, 1.54) is 22.3 Å². The van der Waals surface area contributed by atoms with Gasteiger partial charge in [0, 0.05) is 47.9 Å². The fraction of sp³-hybridized carbons (Fsp3) is 0.514. The second kappa shape index (κ2) is 14.4. The molecule has 3 heterocycles. The Labute approximate surface area is 286 Å². The molecule has 1 atom stereocenters. The van der Waals surface area contributed by atoms with Crippen molar-refractivity contribution in [2.24, 2.45) is 5.92 Å². The fourth-order valence-corrected chi connectivity index (χ4v) is 8.32. The van der Waals surface area contributed by atoms with Gasteiger partial charge in [0.05, 0.1) is 41.4 Å². The molecular formula is C35H39ClF3N3O5S. The minimum absolute atomic E-state index is 0.0322. The lowest BCUT2D eigenvalue weighted by atomic mass is 9.87. The van der Waals surface area contributed by atoms with E-state index in [0.717, 1.165) is 29.0 Å². The first-order valence-corrected chi connectivity index (χ1v) is 17.8. The van der Waals surface area contributed by atoms with Gasteiger partial charge in [0.2, 0.25) is 5.85 Å². The van der Waals surface area contributed by atoms with Crippen molar-refractivity contribution in [3.05, 3.63) is 63.7 Å². The molecule has 3 aromatic rings. The molecule has 6 rings (SSSR count). The number of nitrogens with zero attached hydrogens (tertiary/aromatic N) is 2. The van der Waals surface area contributed by atoms with Gasteiger partial charge in [0.25, 0.3) is 11.8 Å². The quantitative estimate of drug-likeness (QED) is 0.210. The first kappa shape index (κ1) is 34.8. The molecule has 3 aliphatic rings. The van der Waals surface area contributed by atoms with Crippen molar-refractivity contribution in [3.8, 4) is 0 Å². The van der Waals surface area contributed by atoms with Crippen LogP contribution >= 0.6 is 22.9 Å². The summed E-state index contributed by atoms with van der Waals surface area (Å²) in [5, 5.41) is 5.20. The summed E-state index contributed by atoms with van der Waals surface area (Å²) in [5.74, 6) is -7.20. The van der Waals surface area contributed by atoms with E-state index in [4.69, 9.17) is 21.1 Å². The Morgan fingerprint density at radius 2 is 1.79 bits per heavy atom. The second-order valence-corrected chi connectivity index (χ2v) is 14.1. The largest absolute Gasteiger partial charge is 0.466 e. The van der Waals surface area contributed by atoms with Crippen LogP contribution in [0.15, 0.2) is 41.8 Å². The molecule has 8 nitrogen and oxygen atoms in total. The minimum Gasteiger partial charge on any atom is -0.466 e. The van der Waals surface area contributed by atoms with Gasteiger partial charge >= 0.3 is 5.97 Å². The highest BCUT2D eigenvalue weighted by Crippen LogP contribution is 2.41. The number of ketones is 1. The zero-order valence-electron chi connectivity index (χ0n) is 26.7. The number of carbonyl (C=O) groups is 3. The molecule has 0 radical (unpaired) electrons. The molecule has 48 heavy (non-hydrogen) atoms. The first-order chi connectivity index (χ1) is 23.0. The number of fused-ring (bicyclic) bond motifs is 1. The van der Waals surface area contributed by atoms with E-state index < -0.39 is 54.8 Å². The molecule has 2 aliphatic heterocycles. The Morgan fingerprint density at radius 3 is 2.48 bits per heavy atom. The van der Waals surface area contributed by atoms with Gasteiger partial charge in [-0.25, -0.2) is 18.1 Å². The number of thiophene rings is 1. The summed E-state index contributed by atoms with van der Waals surface area (Å²) in [5.41, 5.74) is 0.441. The van der Waals surface area contributed by atoms with E-state index in [1.807, 2.05) is 29.2 Å². The molecule has 2 aromatic carbocycles. The SMILES string of the molecule is CCOC(=O)[C@H]1CC[C@H](OC(C(=O)Cc2cc(Cl)c(NC(=O)c3csc4ccccc34)cc2F)(N2CCCC2)N2CCC(F)(F)C2)CC1.